The number of primary amides is 1. The lowest BCUT2D eigenvalue weighted by molar-refractivity contribution is -0.134. The van der Waals surface area contributed by atoms with E-state index in [0.29, 0.717) is 17.0 Å². The molecule has 1 aromatic heterocycles. The molecule has 3 N–H and O–H groups in total. The van der Waals surface area contributed by atoms with E-state index in [9.17, 15) is 9.59 Å². The normalized spacial score (nSPS) is 14.4. The number of aromatic amines is 1. The molecule has 1 saturated heterocycles. The fraction of sp³-hybridized carbons (Fsp3) is 0.375. The van der Waals surface area contributed by atoms with Crippen molar-refractivity contribution in [2.24, 2.45) is 5.73 Å². The third-order valence-corrected chi connectivity index (χ3v) is 3.98. The molecular weight excluding hydrogens is 310 g/mol. The Morgan fingerprint density at radius 3 is 2.67 bits per heavy atom. The number of carbonyl (C=O) groups is 2. The van der Waals surface area contributed by atoms with Gasteiger partial charge in [0.2, 0.25) is 0 Å². The van der Waals surface area contributed by atoms with Crippen molar-refractivity contribution in [1.29, 1.82) is 0 Å². The van der Waals surface area contributed by atoms with Gasteiger partial charge in [0.05, 0.1) is 0 Å². The minimum absolute atomic E-state index is 0.0356. The smallest absolute Gasteiger partial charge is 0.271 e. The minimum atomic E-state index is -0.682. The van der Waals surface area contributed by atoms with E-state index in [-0.39, 0.29) is 18.2 Å². The van der Waals surface area contributed by atoms with Crippen LogP contribution >= 0.6 is 0 Å². The molecular formula is C16H19N5O3. The van der Waals surface area contributed by atoms with E-state index in [1.807, 2.05) is 4.90 Å². The SMILES string of the molecule is NC(=O)c1n[nH]nc1-c1ccccc1OCC(=O)N1CCCCC1. The number of ether oxygens (including phenoxy) is 1. The van der Waals surface area contributed by atoms with Crippen LogP contribution in [0.15, 0.2) is 24.3 Å². The number of carbonyl (C=O) groups excluding carboxylic acids is 2. The van der Waals surface area contributed by atoms with Crippen LogP contribution in [0.2, 0.25) is 0 Å². The summed E-state index contributed by atoms with van der Waals surface area (Å²) in [4.78, 5) is 25.5. The van der Waals surface area contributed by atoms with Gasteiger partial charge in [-0.25, -0.2) is 0 Å². The van der Waals surface area contributed by atoms with E-state index in [4.69, 9.17) is 10.5 Å². The Kier molecular flexibility index (Phi) is 4.74. The molecule has 1 aromatic carbocycles. The average molecular weight is 329 g/mol. The van der Waals surface area contributed by atoms with E-state index in [0.717, 1.165) is 32.4 Å². The van der Waals surface area contributed by atoms with Gasteiger partial charge in [-0.3, -0.25) is 9.59 Å². The largest absolute Gasteiger partial charge is 0.483 e. The maximum Gasteiger partial charge on any atom is 0.271 e. The zero-order valence-corrected chi connectivity index (χ0v) is 13.2. The van der Waals surface area contributed by atoms with E-state index in [1.54, 1.807) is 24.3 Å². The Labute approximate surface area is 139 Å². The highest BCUT2D eigenvalue weighted by Gasteiger charge is 2.20. The van der Waals surface area contributed by atoms with Gasteiger partial charge < -0.3 is 15.4 Å². The quantitative estimate of drug-likeness (QED) is 0.848. The Morgan fingerprint density at radius 2 is 1.92 bits per heavy atom. The molecule has 1 aliphatic heterocycles. The minimum Gasteiger partial charge on any atom is -0.483 e. The van der Waals surface area contributed by atoms with Gasteiger partial charge in [-0.05, 0) is 31.4 Å². The summed E-state index contributed by atoms with van der Waals surface area (Å²) < 4.78 is 5.69. The van der Waals surface area contributed by atoms with Crippen molar-refractivity contribution in [2.75, 3.05) is 19.7 Å². The number of piperidine rings is 1. The number of H-pyrrole nitrogens is 1. The number of nitrogens with zero attached hydrogens (tertiary/aromatic N) is 3. The number of hydrogen-bond acceptors (Lipinski definition) is 5. The molecule has 1 fully saturated rings. The fourth-order valence-electron chi connectivity index (χ4n) is 2.75. The van der Waals surface area contributed by atoms with E-state index < -0.39 is 5.91 Å². The molecule has 1 aliphatic rings. The first-order valence-electron chi connectivity index (χ1n) is 7.87. The van der Waals surface area contributed by atoms with Crippen LogP contribution in [0.5, 0.6) is 5.75 Å². The fourth-order valence-corrected chi connectivity index (χ4v) is 2.75. The summed E-state index contributed by atoms with van der Waals surface area (Å²) >= 11 is 0. The molecule has 2 amide bonds. The van der Waals surface area contributed by atoms with Gasteiger partial charge in [0.25, 0.3) is 11.8 Å². The second-order valence-electron chi connectivity index (χ2n) is 5.61. The summed E-state index contributed by atoms with van der Waals surface area (Å²) in [6.07, 6.45) is 3.22. The van der Waals surface area contributed by atoms with Crippen molar-refractivity contribution < 1.29 is 14.3 Å². The highest BCUT2D eigenvalue weighted by atomic mass is 16.5. The van der Waals surface area contributed by atoms with Crippen molar-refractivity contribution in [3.8, 4) is 17.0 Å². The van der Waals surface area contributed by atoms with Crippen molar-refractivity contribution in [2.45, 2.75) is 19.3 Å². The van der Waals surface area contributed by atoms with Crippen molar-refractivity contribution in [3.63, 3.8) is 0 Å². The molecule has 0 bridgehead atoms. The molecule has 8 nitrogen and oxygen atoms in total. The van der Waals surface area contributed by atoms with Gasteiger partial charge in [-0.2, -0.15) is 15.4 Å². The van der Waals surface area contributed by atoms with Crippen LogP contribution in [0, 0.1) is 0 Å². The highest BCUT2D eigenvalue weighted by Crippen LogP contribution is 2.29. The van der Waals surface area contributed by atoms with Gasteiger partial charge in [0.1, 0.15) is 11.4 Å². The average Bonchev–Trinajstić information content (AvgIpc) is 3.10. The molecule has 8 heteroatoms. The van der Waals surface area contributed by atoms with Crippen molar-refractivity contribution >= 4 is 11.8 Å². The molecule has 3 rings (SSSR count). The molecule has 0 aliphatic carbocycles. The zero-order valence-electron chi connectivity index (χ0n) is 13.2. The first-order chi connectivity index (χ1) is 11.7. The molecule has 0 saturated carbocycles. The molecule has 2 aromatic rings. The first-order valence-corrected chi connectivity index (χ1v) is 7.87. The van der Waals surface area contributed by atoms with E-state index in [1.165, 1.54) is 0 Å². The van der Waals surface area contributed by atoms with E-state index >= 15 is 0 Å². The van der Waals surface area contributed by atoms with Gasteiger partial charge in [-0.15, -0.1) is 0 Å². The van der Waals surface area contributed by atoms with Gasteiger partial charge in [0, 0.05) is 18.7 Å². The second kappa shape index (κ2) is 7.12. The number of hydrogen-bond donors (Lipinski definition) is 2. The van der Waals surface area contributed by atoms with Gasteiger partial charge in [0.15, 0.2) is 12.3 Å². The van der Waals surface area contributed by atoms with Crippen LogP contribution in [0.4, 0.5) is 0 Å². The number of benzene rings is 1. The zero-order chi connectivity index (χ0) is 16.9. The predicted molar refractivity (Wildman–Crippen MR) is 86.3 cm³/mol. The number of nitrogens with two attached hydrogens (primary N) is 1. The van der Waals surface area contributed by atoms with Gasteiger partial charge >= 0.3 is 0 Å². The Balaban J connectivity index is 1.76. The predicted octanol–water partition coefficient (Wildman–Crippen LogP) is 0.962. The summed E-state index contributed by atoms with van der Waals surface area (Å²) in [5.74, 6) is -0.267. The highest BCUT2D eigenvalue weighted by molar-refractivity contribution is 5.97. The standard InChI is InChI=1S/C16H19N5O3/c17-16(23)15-14(18-20-19-15)11-6-2-3-7-12(11)24-10-13(22)21-8-4-1-5-9-21/h2-3,6-7H,1,4-5,8-10H2,(H2,17,23)(H,18,19,20). The van der Waals surface area contributed by atoms with Crippen LogP contribution < -0.4 is 10.5 Å². The topological polar surface area (TPSA) is 114 Å². The summed E-state index contributed by atoms with van der Waals surface area (Å²) in [7, 11) is 0. The first kappa shape index (κ1) is 16.0. The lowest BCUT2D eigenvalue weighted by atomic mass is 10.1. The summed E-state index contributed by atoms with van der Waals surface area (Å²) in [6.45, 7) is 1.50. The number of nitrogens with one attached hydrogen (secondary N) is 1. The molecule has 0 radical (unpaired) electrons. The summed E-state index contributed by atoms with van der Waals surface area (Å²) in [6, 6.07) is 7.03. The summed E-state index contributed by atoms with van der Waals surface area (Å²) in [5.41, 5.74) is 6.21. The number of amides is 2. The monoisotopic (exact) mass is 329 g/mol. The number of aromatic nitrogens is 3. The van der Waals surface area contributed by atoms with E-state index in [2.05, 4.69) is 15.4 Å². The van der Waals surface area contributed by atoms with Gasteiger partial charge in [-0.1, -0.05) is 12.1 Å². The van der Waals surface area contributed by atoms with Crippen LogP contribution in [-0.4, -0.2) is 51.8 Å². The van der Waals surface area contributed by atoms with Crippen LogP contribution in [0.1, 0.15) is 29.8 Å². The Morgan fingerprint density at radius 1 is 1.17 bits per heavy atom. The number of likely N-dealkylation sites (tertiary alicyclic amines) is 1. The van der Waals surface area contributed by atoms with Crippen LogP contribution in [0.25, 0.3) is 11.3 Å². The third kappa shape index (κ3) is 3.37. The van der Waals surface area contributed by atoms with Crippen LogP contribution in [-0.2, 0) is 4.79 Å². The van der Waals surface area contributed by atoms with Crippen molar-refractivity contribution in [1.82, 2.24) is 20.3 Å². The molecule has 0 unspecified atom stereocenters. The lowest BCUT2D eigenvalue weighted by Gasteiger charge is -2.26. The maximum absolute atomic E-state index is 12.2. The molecule has 0 atom stereocenters. The Bertz CT molecular complexity index is 737. The maximum atomic E-state index is 12.2. The molecule has 0 spiro atoms. The number of para-hydroxylation sites is 1. The van der Waals surface area contributed by atoms with Crippen molar-refractivity contribution in [3.05, 3.63) is 30.0 Å². The molecule has 24 heavy (non-hydrogen) atoms. The molecule has 126 valence electrons. The molecule has 2 heterocycles. The Hall–Kier alpha value is -2.90. The third-order valence-electron chi connectivity index (χ3n) is 3.98. The van der Waals surface area contributed by atoms with Crippen LogP contribution in [0.3, 0.4) is 0 Å². The lowest BCUT2D eigenvalue weighted by Crippen LogP contribution is -2.38. The number of rotatable bonds is 5. The summed E-state index contributed by atoms with van der Waals surface area (Å²) in [5, 5.41) is 10.1. The second-order valence-corrected chi connectivity index (χ2v) is 5.61.